The van der Waals surface area contributed by atoms with Gasteiger partial charge in [0.2, 0.25) is 0 Å². The number of hydrogen-bond acceptors (Lipinski definition) is 1. The number of benzene rings is 2. The van der Waals surface area contributed by atoms with Gasteiger partial charge in [-0.2, -0.15) is 0 Å². The van der Waals surface area contributed by atoms with Crippen molar-refractivity contribution in [1.29, 1.82) is 0 Å². The van der Waals surface area contributed by atoms with E-state index in [0.717, 1.165) is 5.56 Å². The van der Waals surface area contributed by atoms with Crippen LogP contribution in [0.5, 0.6) is 0 Å². The van der Waals surface area contributed by atoms with Crippen LogP contribution in [-0.4, -0.2) is 11.1 Å². The zero-order valence-electron chi connectivity index (χ0n) is 9.58. The maximum absolute atomic E-state index is 13.3. The van der Waals surface area contributed by atoms with Crippen LogP contribution >= 0.6 is 15.9 Å². The SMILES string of the molecule is Cc1cc(F)cc(-c2ccc(Br)c(C(=O)O)c2)c1. The van der Waals surface area contributed by atoms with Crippen LogP contribution in [-0.2, 0) is 0 Å². The highest BCUT2D eigenvalue weighted by molar-refractivity contribution is 9.10. The molecule has 92 valence electrons. The van der Waals surface area contributed by atoms with Crippen LogP contribution in [0.15, 0.2) is 40.9 Å². The van der Waals surface area contributed by atoms with Gasteiger partial charge in [-0.3, -0.25) is 0 Å². The van der Waals surface area contributed by atoms with Gasteiger partial charge in [0, 0.05) is 4.47 Å². The number of carboxylic acid groups (broad SMARTS) is 1. The van der Waals surface area contributed by atoms with Crippen LogP contribution < -0.4 is 0 Å². The second kappa shape index (κ2) is 4.90. The van der Waals surface area contributed by atoms with Crippen molar-refractivity contribution >= 4 is 21.9 Å². The van der Waals surface area contributed by atoms with Gasteiger partial charge in [0.1, 0.15) is 5.82 Å². The highest BCUT2D eigenvalue weighted by Gasteiger charge is 2.10. The van der Waals surface area contributed by atoms with Gasteiger partial charge in [0.25, 0.3) is 0 Å². The van der Waals surface area contributed by atoms with Gasteiger partial charge in [0.05, 0.1) is 5.56 Å². The topological polar surface area (TPSA) is 37.3 Å². The first-order valence-electron chi connectivity index (χ1n) is 5.28. The minimum absolute atomic E-state index is 0.161. The molecule has 0 heterocycles. The van der Waals surface area contributed by atoms with Crippen molar-refractivity contribution in [2.24, 2.45) is 0 Å². The second-order valence-electron chi connectivity index (χ2n) is 4.02. The van der Waals surface area contributed by atoms with Crippen LogP contribution in [0.4, 0.5) is 4.39 Å². The average Bonchev–Trinajstić information content (AvgIpc) is 2.27. The minimum Gasteiger partial charge on any atom is -0.478 e. The van der Waals surface area contributed by atoms with Crippen molar-refractivity contribution in [2.45, 2.75) is 6.92 Å². The summed E-state index contributed by atoms with van der Waals surface area (Å²) in [5.74, 6) is -1.35. The third-order valence-corrected chi connectivity index (χ3v) is 3.26. The molecule has 0 atom stereocenters. The fourth-order valence-electron chi connectivity index (χ4n) is 1.77. The molecule has 0 saturated heterocycles. The Bertz CT molecular complexity index is 603. The molecule has 0 radical (unpaired) electrons. The lowest BCUT2D eigenvalue weighted by atomic mass is 10.0. The van der Waals surface area contributed by atoms with E-state index in [4.69, 9.17) is 5.11 Å². The normalized spacial score (nSPS) is 10.4. The van der Waals surface area contributed by atoms with Gasteiger partial charge in [-0.1, -0.05) is 12.1 Å². The Morgan fingerprint density at radius 1 is 1.17 bits per heavy atom. The highest BCUT2D eigenvalue weighted by Crippen LogP contribution is 2.26. The van der Waals surface area contributed by atoms with E-state index in [1.54, 1.807) is 19.1 Å². The first-order chi connectivity index (χ1) is 8.47. The molecule has 0 bridgehead atoms. The Kier molecular flexibility index (Phi) is 3.48. The molecule has 2 nitrogen and oxygen atoms in total. The molecule has 0 aromatic heterocycles. The predicted molar refractivity (Wildman–Crippen MR) is 71.2 cm³/mol. The van der Waals surface area contributed by atoms with E-state index >= 15 is 0 Å². The van der Waals surface area contributed by atoms with Crippen molar-refractivity contribution in [3.05, 3.63) is 57.8 Å². The molecule has 18 heavy (non-hydrogen) atoms. The van der Waals surface area contributed by atoms with E-state index in [2.05, 4.69) is 15.9 Å². The maximum Gasteiger partial charge on any atom is 0.336 e. The molecule has 0 aliphatic carbocycles. The first kappa shape index (κ1) is 12.8. The summed E-state index contributed by atoms with van der Waals surface area (Å²) in [5, 5.41) is 9.04. The quantitative estimate of drug-likeness (QED) is 0.900. The maximum atomic E-state index is 13.3. The lowest BCUT2D eigenvalue weighted by Crippen LogP contribution is -1.98. The second-order valence-corrected chi connectivity index (χ2v) is 4.87. The molecular formula is C14H10BrFO2. The number of halogens is 2. The first-order valence-corrected chi connectivity index (χ1v) is 6.07. The monoisotopic (exact) mass is 308 g/mol. The third-order valence-electron chi connectivity index (χ3n) is 2.57. The molecular weight excluding hydrogens is 299 g/mol. The molecule has 2 aromatic carbocycles. The number of aromatic carboxylic acids is 1. The number of aryl methyl sites for hydroxylation is 1. The summed E-state index contributed by atoms with van der Waals surface area (Å²) in [4.78, 5) is 11.0. The Balaban J connectivity index is 2.57. The molecule has 4 heteroatoms. The zero-order chi connectivity index (χ0) is 13.3. The summed E-state index contributed by atoms with van der Waals surface area (Å²) in [6.07, 6.45) is 0. The van der Waals surface area contributed by atoms with Gasteiger partial charge in [-0.25, -0.2) is 9.18 Å². The molecule has 2 rings (SSSR count). The van der Waals surface area contributed by atoms with E-state index in [1.165, 1.54) is 18.2 Å². The Labute approximate surface area is 112 Å². The van der Waals surface area contributed by atoms with Crippen LogP contribution in [0.1, 0.15) is 15.9 Å². The zero-order valence-corrected chi connectivity index (χ0v) is 11.2. The van der Waals surface area contributed by atoms with E-state index in [-0.39, 0.29) is 11.4 Å². The highest BCUT2D eigenvalue weighted by atomic mass is 79.9. The summed E-state index contributed by atoms with van der Waals surface area (Å²) < 4.78 is 13.8. The Hall–Kier alpha value is -1.68. The van der Waals surface area contributed by atoms with Crippen molar-refractivity contribution in [3.8, 4) is 11.1 Å². The van der Waals surface area contributed by atoms with E-state index < -0.39 is 5.97 Å². The van der Waals surface area contributed by atoms with Crippen molar-refractivity contribution in [1.82, 2.24) is 0 Å². The number of hydrogen-bond donors (Lipinski definition) is 1. The average molecular weight is 309 g/mol. The fraction of sp³-hybridized carbons (Fsp3) is 0.0714. The lowest BCUT2D eigenvalue weighted by Gasteiger charge is -2.06. The molecule has 0 amide bonds. The van der Waals surface area contributed by atoms with Gasteiger partial charge < -0.3 is 5.11 Å². The van der Waals surface area contributed by atoms with E-state index in [1.807, 2.05) is 6.07 Å². The van der Waals surface area contributed by atoms with Crippen molar-refractivity contribution in [3.63, 3.8) is 0 Å². The fourth-order valence-corrected chi connectivity index (χ4v) is 2.19. The lowest BCUT2D eigenvalue weighted by molar-refractivity contribution is 0.0696. The number of carboxylic acids is 1. The van der Waals surface area contributed by atoms with Gasteiger partial charge in [-0.05, 0) is 63.8 Å². The molecule has 0 saturated carbocycles. The molecule has 0 spiro atoms. The van der Waals surface area contributed by atoms with E-state index in [0.29, 0.717) is 15.6 Å². The molecule has 1 N–H and O–H groups in total. The molecule has 2 aromatic rings. The molecule has 0 fully saturated rings. The predicted octanol–water partition coefficient (Wildman–Crippen LogP) is 4.26. The third kappa shape index (κ3) is 2.59. The standard InChI is InChI=1S/C14H10BrFO2/c1-8-4-10(6-11(16)5-8)9-2-3-13(15)12(7-9)14(17)18/h2-7H,1H3,(H,17,18). The largest absolute Gasteiger partial charge is 0.478 e. The smallest absolute Gasteiger partial charge is 0.336 e. The van der Waals surface area contributed by atoms with Gasteiger partial charge >= 0.3 is 5.97 Å². The van der Waals surface area contributed by atoms with Gasteiger partial charge in [0.15, 0.2) is 0 Å². The van der Waals surface area contributed by atoms with Crippen LogP contribution in [0.25, 0.3) is 11.1 Å². The van der Waals surface area contributed by atoms with Crippen molar-refractivity contribution < 1.29 is 14.3 Å². The number of carbonyl (C=O) groups is 1. The Morgan fingerprint density at radius 3 is 2.50 bits per heavy atom. The molecule has 0 unspecified atom stereocenters. The molecule has 0 aliphatic rings. The summed E-state index contributed by atoms with van der Waals surface area (Å²) in [6, 6.07) is 9.57. The summed E-state index contributed by atoms with van der Waals surface area (Å²) in [6.45, 7) is 1.80. The van der Waals surface area contributed by atoms with Gasteiger partial charge in [-0.15, -0.1) is 0 Å². The molecule has 0 aliphatic heterocycles. The summed E-state index contributed by atoms with van der Waals surface area (Å²) in [5.41, 5.74) is 2.31. The summed E-state index contributed by atoms with van der Waals surface area (Å²) in [7, 11) is 0. The van der Waals surface area contributed by atoms with Crippen LogP contribution in [0.3, 0.4) is 0 Å². The van der Waals surface area contributed by atoms with Crippen molar-refractivity contribution in [2.75, 3.05) is 0 Å². The van der Waals surface area contributed by atoms with Crippen LogP contribution in [0.2, 0.25) is 0 Å². The van der Waals surface area contributed by atoms with E-state index in [9.17, 15) is 9.18 Å². The summed E-state index contributed by atoms with van der Waals surface area (Å²) >= 11 is 3.18. The van der Waals surface area contributed by atoms with Crippen LogP contribution in [0, 0.1) is 12.7 Å². The number of rotatable bonds is 2. The minimum atomic E-state index is -1.02. The Morgan fingerprint density at radius 2 is 1.89 bits per heavy atom.